The van der Waals surface area contributed by atoms with Crippen LogP contribution in [0.1, 0.15) is 45.4 Å². The van der Waals surface area contributed by atoms with Crippen molar-refractivity contribution in [3.8, 4) is 0 Å². The van der Waals surface area contributed by atoms with Crippen LogP contribution in [0.5, 0.6) is 0 Å². The van der Waals surface area contributed by atoms with Gasteiger partial charge in [0.2, 0.25) is 0 Å². The zero-order chi connectivity index (χ0) is 9.52. The highest BCUT2D eigenvalue weighted by molar-refractivity contribution is 4.75. The third kappa shape index (κ3) is 4.63. The Labute approximate surface area is 81.7 Å². The second-order valence-corrected chi connectivity index (χ2v) is 4.24. The Kier molecular flexibility index (Phi) is 5.40. The van der Waals surface area contributed by atoms with Gasteiger partial charge in [-0.2, -0.15) is 0 Å². The van der Waals surface area contributed by atoms with Gasteiger partial charge in [-0.05, 0) is 44.7 Å². The van der Waals surface area contributed by atoms with E-state index in [4.69, 9.17) is 0 Å². The minimum absolute atomic E-state index is 0.0116. The van der Waals surface area contributed by atoms with E-state index in [9.17, 15) is 5.11 Å². The fraction of sp³-hybridized carbons (Fsp3) is 1.00. The lowest BCUT2D eigenvalue weighted by Crippen LogP contribution is -2.22. The smallest absolute Gasteiger partial charge is 0.0543 e. The summed E-state index contributed by atoms with van der Waals surface area (Å²) in [4.78, 5) is 0. The Bertz CT molecular complexity index is 127. The normalized spacial score (nSPS) is 28.2. The molecule has 0 amide bonds. The molecule has 0 aromatic rings. The van der Waals surface area contributed by atoms with Crippen LogP contribution in [0.2, 0.25) is 0 Å². The van der Waals surface area contributed by atoms with Crippen molar-refractivity contribution in [1.29, 1.82) is 0 Å². The van der Waals surface area contributed by atoms with Gasteiger partial charge in [-0.3, -0.25) is 0 Å². The van der Waals surface area contributed by atoms with Crippen molar-refractivity contribution in [2.75, 3.05) is 13.1 Å². The Hall–Kier alpha value is -0.0800. The molecule has 0 saturated heterocycles. The maximum absolute atomic E-state index is 9.31. The zero-order valence-corrected chi connectivity index (χ0v) is 8.76. The summed E-state index contributed by atoms with van der Waals surface area (Å²) in [5, 5.41) is 12.8. The number of aliphatic hydroxyl groups excluding tert-OH is 1. The molecule has 0 aromatic heterocycles. The maximum atomic E-state index is 9.31. The van der Waals surface area contributed by atoms with E-state index in [-0.39, 0.29) is 6.10 Å². The third-order valence-corrected chi connectivity index (χ3v) is 2.90. The number of rotatable bonds is 6. The lowest BCUT2D eigenvalue weighted by atomic mass is 10.1. The third-order valence-electron chi connectivity index (χ3n) is 2.90. The van der Waals surface area contributed by atoms with E-state index in [1.54, 1.807) is 0 Å². The van der Waals surface area contributed by atoms with E-state index in [2.05, 4.69) is 12.2 Å². The molecule has 1 aliphatic carbocycles. The van der Waals surface area contributed by atoms with Gasteiger partial charge in [-0.1, -0.05) is 19.8 Å². The van der Waals surface area contributed by atoms with Crippen LogP contribution in [0.15, 0.2) is 0 Å². The number of hydrogen-bond acceptors (Lipinski definition) is 2. The molecule has 13 heavy (non-hydrogen) atoms. The van der Waals surface area contributed by atoms with E-state index >= 15 is 0 Å². The summed E-state index contributed by atoms with van der Waals surface area (Å²) >= 11 is 0. The first-order chi connectivity index (χ1) is 6.33. The summed E-state index contributed by atoms with van der Waals surface area (Å²) in [7, 11) is 0. The highest BCUT2D eigenvalue weighted by atomic mass is 16.3. The Morgan fingerprint density at radius 1 is 1.31 bits per heavy atom. The van der Waals surface area contributed by atoms with Crippen LogP contribution >= 0.6 is 0 Å². The Morgan fingerprint density at radius 2 is 2.15 bits per heavy atom. The van der Waals surface area contributed by atoms with Crippen molar-refractivity contribution < 1.29 is 5.11 Å². The van der Waals surface area contributed by atoms with Crippen molar-refractivity contribution in [2.45, 2.75) is 51.6 Å². The highest BCUT2D eigenvalue weighted by Crippen LogP contribution is 2.24. The summed E-state index contributed by atoms with van der Waals surface area (Å²) in [6, 6.07) is 0. The van der Waals surface area contributed by atoms with Crippen LogP contribution in [0, 0.1) is 5.92 Å². The number of aliphatic hydroxyl groups is 1. The quantitative estimate of drug-likeness (QED) is 0.620. The zero-order valence-electron chi connectivity index (χ0n) is 8.76. The first-order valence-electron chi connectivity index (χ1n) is 5.71. The summed E-state index contributed by atoms with van der Waals surface area (Å²) in [6.07, 6.45) is 7.15. The summed E-state index contributed by atoms with van der Waals surface area (Å²) in [5.41, 5.74) is 0. The standard InChI is InChI=1S/C11H23NO/c1-2-3-4-7-12-9-10-5-6-11(13)8-10/h10-13H,2-9H2,1H3. The van der Waals surface area contributed by atoms with Crippen molar-refractivity contribution in [3.63, 3.8) is 0 Å². The second kappa shape index (κ2) is 6.39. The maximum Gasteiger partial charge on any atom is 0.0543 e. The molecule has 2 unspecified atom stereocenters. The average Bonchev–Trinajstić information content (AvgIpc) is 2.51. The fourth-order valence-corrected chi connectivity index (χ4v) is 2.04. The molecule has 2 nitrogen and oxygen atoms in total. The number of unbranched alkanes of at least 4 members (excludes halogenated alkanes) is 2. The van der Waals surface area contributed by atoms with Crippen molar-refractivity contribution in [1.82, 2.24) is 5.32 Å². The molecule has 1 fully saturated rings. The van der Waals surface area contributed by atoms with Crippen LogP contribution in [-0.4, -0.2) is 24.3 Å². The van der Waals surface area contributed by atoms with E-state index in [1.807, 2.05) is 0 Å². The lowest BCUT2D eigenvalue weighted by Gasteiger charge is -2.10. The van der Waals surface area contributed by atoms with Crippen LogP contribution in [0.25, 0.3) is 0 Å². The van der Waals surface area contributed by atoms with E-state index in [0.717, 1.165) is 31.8 Å². The molecule has 2 N–H and O–H groups in total. The summed E-state index contributed by atoms with van der Waals surface area (Å²) < 4.78 is 0. The van der Waals surface area contributed by atoms with Gasteiger partial charge in [0.25, 0.3) is 0 Å². The van der Waals surface area contributed by atoms with Gasteiger partial charge < -0.3 is 10.4 Å². The molecular formula is C11H23NO. The van der Waals surface area contributed by atoms with Crippen molar-refractivity contribution in [2.24, 2.45) is 5.92 Å². The molecule has 0 aliphatic heterocycles. The van der Waals surface area contributed by atoms with Gasteiger partial charge in [0.15, 0.2) is 0 Å². The minimum atomic E-state index is -0.0116. The molecule has 78 valence electrons. The van der Waals surface area contributed by atoms with Gasteiger partial charge in [0, 0.05) is 0 Å². The monoisotopic (exact) mass is 185 g/mol. The molecule has 1 saturated carbocycles. The molecule has 0 radical (unpaired) electrons. The summed E-state index contributed by atoms with van der Waals surface area (Å²) in [5.74, 6) is 0.733. The molecule has 0 aromatic carbocycles. The largest absolute Gasteiger partial charge is 0.393 e. The van der Waals surface area contributed by atoms with Crippen molar-refractivity contribution >= 4 is 0 Å². The molecule has 2 heteroatoms. The topological polar surface area (TPSA) is 32.3 Å². The first kappa shape index (κ1) is 11.0. The molecule has 0 bridgehead atoms. The molecule has 1 rings (SSSR count). The SMILES string of the molecule is CCCCCNCC1CCC(O)C1. The summed E-state index contributed by atoms with van der Waals surface area (Å²) in [6.45, 7) is 4.49. The predicted molar refractivity (Wildman–Crippen MR) is 55.7 cm³/mol. The van der Waals surface area contributed by atoms with Crippen LogP contribution in [-0.2, 0) is 0 Å². The van der Waals surface area contributed by atoms with Gasteiger partial charge in [0.1, 0.15) is 0 Å². The minimum Gasteiger partial charge on any atom is -0.393 e. The van der Waals surface area contributed by atoms with E-state index < -0.39 is 0 Å². The van der Waals surface area contributed by atoms with Gasteiger partial charge in [-0.15, -0.1) is 0 Å². The van der Waals surface area contributed by atoms with Crippen LogP contribution in [0.4, 0.5) is 0 Å². The van der Waals surface area contributed by atoms with E-state index in [1.165, 1.54) is 25.7 Å². The fourth-order valence-electron chi connectivity index (χ4n) is 2.04. The molecular weight excluding hydrogens is 162 g/mol. The molecule has 2 atom stereocenters. The van der Waals surface area contributed by atoms with Crippen LogP contribution < -0.4 is 5.32 Å². The Balaban J connectivity index is 1.88. The molecule has 1 aliphatic rings. The molecule has 0 spiro atoms. The number of nitrogens with one attached hydrogen (secondary N) is 1. The van der Waals surface area contributed by atoms with Gasteiger partial charge in [0.05, 0.1) is 6.10 Å². The van der Waals surface area contributed by atoms with Gasteiger partial charge in [-0.25, -0.2) is 0 Å². The van der Waals surface area contributed by atoms with E-state index in [0.29, 0.717) is 0 Å². The molecule has 0 heterocycles. The Morgan fingerprint density at radius 3 is 2.77 bits per heavy atom. The lowest BCUT2D eigenvalue weighted by molar-refractivity contribution is 0.177. The second-order valence-electron chi connectivity index (χ2n) is 4.24. The highest BCUT2D eigenvalue weighted by Gasteiger charge is 2.21. The van der Waals surface area contributed by atoms with Gasteiger partial charge >= 0.3 is 0 Å². The average molecular weight is 185 g/mol. The first-order valence-corrected chi connectivity index (χ1v) is 5.71. The van der Waals surface area contributed by atoms with Crippen molar-refractivity contribution in [3.05, 3.63) is 0 Å². The van der Waals surface area contributed by atoms with Crippen LogP contribution in [0.3, 0.4) is 0 Å². The predicted octanol–water partition coefficient (Wildman–Crippen LogP) is 1.93. The number of hydrogen-bond donors (Lipinski definition) is 2.